The zero-order valence-electron chi connectivity index (χ0n) is 11.8. The van der Waals surface area contributed by atoms with E-state index < -0.39 is 29.4 Å². The predicted molar refractivity (Wildman–Crippen MR) is 68.5 cm³/mol. The van der Waals surface area contributed by atoms with Gasteiger partial charge in [0.2, 0.25) is 5.41 Å². The highest BCUT2D eigenvalue weighted by atomic mass is 16.6. The van der Waals surface area contributed by atoms with Crippen molar-refractivity contribution in [1.82, 2.24) is 4.90 Å². The Labute approximate surface area is 117 Å². The molecule has 1 amide bonds. The number of likely N-dealkylation sites (N-methyl/N-ethyl adjacent to an activating group) is 1. The molecule has 20 heavy (non-hydrogen) atoms. The third-order valence-electron chi connectivity index (χ3n) is 3.20. The average Bonchev–Trinajstić information content (AvgIpc) is 2.37. The fourth-order valence-corrected chi connectivity index (χ4v) is 2.16. The van der Waals surface area contributed by atoms with E-state index in [1.807, 2.05) is 0 Å². The van der Waals surface area contributed by atoms with Crippen LogP contribution in [0.25, 0.3) is 0 Å². The van der Waals surface area contributed by atoms with Crippen LogP contribution >= 0.6 is 0 Å². The Hall–Kier alpha value is -1.89. The number of carbonyl (C=O) groups excluding carboxylic acids is 3. The summed E-state index contributed by atoms with van der Waals surface area (Å²) in [4.78, 5) is 37.5. The maximum absolute atomic E-state index is 12.2. The van der Waals surface area contributed by atoms with Crippen molar-refractivity contribution in [2.24, 2.45) is 5.41 Å². The Balaban J connectivity index is 3.35. The number of likely N-dealkylation sites (tertiary alicyclic amines) is 1. The number of carbonyl (C=O) groups is 3. The van der Waals surface area contributed by atoms with Gasteiger partial charge in [0, 0.05) is 13.6 Å². The van der Waals surface area contributed by atoms with Crippen LogP contribution in [-0.2, 0) is 23.9 Å². The summed E-state index contributed by atoms with van der Waals surface area (Å²) in [6.45, 7) is 6.74. The fourth-order valence-electron chi connectivity index (χ4n) is 2.16. The van der Waals surface area contributed by atoms with Crippen molar-refractivity contribution in [2.45, 2.75) is 20.0 Å². The molecule has 0 saturated carbocycles. The molecule has 1 saturated heterocycles. The minimum Gasteiger partial charge on any atom is -0.465 e. The number of amides is 1. The highest BCUT2D eigenvalue weighted by molar-refractivity contribution is 6.10. The summed E-state index contributed by atoms with van der Waals surface area (Å²) in [6.07, 6.45) is -1.90. The highest BCUT2D eigenvalue weighted by Gasteiger charge is 2.62. The molecule has 0 aromatic rings. The average molecular weight is 285 g/mol. The van der Waals surface area contributed by atoms with Gasteiger partial charge in [-0.15, -0.1) is 0 Å². The summed E-state index contributed by atoms with van der Waals surface area (Å²) in [5, 5.41) is 10.2. The Morgan fingerprint density at radius 3 is 2.20 bits per heavy atom. The van der Waals surface area contributed by atoms with Gasteiger partial charge in [0.05, 0.1) is 13.2 Å². The van der Waals surface area contributed by atoms with Crippen LogP contribution in [0.4, 0.5) is 0 Å². The van der Waals surface area contributed by atoms with Crippen LogP contribution in [0.15, 0.2) is 12.2 Å². The van der Waals surface area contributed by atoms with Gasteiger partial charge in [-0.05, 0) is 19.4 Å². The predicted octanol–water partition coefficient (Wildman–Crippen LogP) is -0.512. The molecule has 0 bridgehead atoms. The number of aliphatic hydroxyl groups is 1. The molecule has 1 atom stereocenters. The molecule has 1 rings (SSSR count). The monoisotopic (exact) mass is 285 g/mol. The third kappa shape index (κ3) is 2.29. The first-order valence-corrected chi connectivity index (χ1v) is 6.29. The third-order valence-corrected chi connectivity index (χ3v) is 3.20. The first kappa shape index (κ1) is 16.2. The smallest absolute Gasteiger partial charge is 0.331 e. The lowest BCUT2D eigenvalue weighted by Crippen LogP contribution is -2.62. The van der Waals surface area contributed by atoms with Gasteiger partial charge in [-0.1, -0.05) is 6.58 Å². The maximum atomic E-state index is 12.2. The Morgan fingerprint density at radius 2 is 1.80 bits per heavy atom. The van der Waals surface area contributed by atoms with E-state index in [-0.39, 0.29) is 25.3 Å². The van der Waals surface area contributed by atoms with Crippen molar-refractivity contribution in [1.29, 1.82) is 0 Å². The van der Waals surface area contributed by atoms with E-state index in [2.05, 4.69) is 6.58 Å². The molecule has 0 aliphatic carbocycles. The van der Waals surface area contributed by atoms with Crippen LogP contribution in [0.5, 0.6) is 0 Å². The van der Waals surface area contributed by atoms with Crippen LogP contribution in [0.3, 0.4) is 0 Å². The van der Waals surface area contributed by atoms with Gasteiger partial charge in [0.1, 0.15) is 0 Å². The summed E-state index contributed by atoms with van der Waals surface area (Å²) in [6, 6.07) is 0. The first-order chi connectivity index (χ1) is 9.33. The van der Waals surface area contributed by atoms with Crippen molar-refractivity contribution in [3.05, 3.63) is 12.2 Å². The normalized spacial score (nSPS) is 21.6. The van der Waals surface area contributed by atoms with Gasteiger partial charge in [-0.2, -0.15) is 0 Å². The molecule has 1 fully saturated rings. The summed E-state index contributed by atoms with van der Waals surface area (Å²) >= 11 is 0. The zero-order chi connectivity index (χ0) is 15.5. The molecule has 1 aliphatic heterocycles. The Morgan fingerprint density at radius 1 is 1.35 bits per heavy atom. The Bertz CT molecular complexity index is 412. The van der Waals surface area contributed by atoms with E-state index in [4.69, 9.17) is 9.47 Å². The van der Waals surface area contributed by atoms with Crippen molar-refractivity contribution in [3.8, 4) is 0 Å². The minimum absolute atomic E-state index is 0.00399. The molecule has 1 N–H and O–H groups in total. The molecule has 1 aliphatic rings. The number of hydrogen-bond donors (Lipinski definition) is 1. The molecule has 0 aromatic carbocycles. The largest absolute Gasteiger partial charge is 0.465 e. The molecule has 7 nitrogen and oxygen atoms in total. The number of ether oxygens (including phenoxy) is 2. The lowest BCUT2D eigenvalue weighted by atomic mass is 9.72. The number of aliphatic hydroxyl groups excluding tert-OH is 1. The Kier molecular flexibility index (Phi) is 4.88. The van der Waals surface area contributed by atoms with Crippen molar-refractivity contribution >= 4 is 17.8 Å². The summed E-state index contributed by atoms with van der Waals surface area (Å²) in [7, 11) is 1.44. The van der Waals surface area contributed by atoms with E-state index in [1.165, 1.54) is 11.9 Å². The van der Waals surface area contributed by atoms with Gasteiger partial charge in [-0.3, -0.25) is 14.4 Å². The number of rotatable bonds is 4. The number of piperidine rings is 1. The molecular weight excluding hydrogens is 266 g/mol. The number of esters is 2. The topological polar surface area (TPSA) is 93.1 Å². The van der Waals surface area contributed by atoms with Gasteiger partial charge in [0.25, 0.3) is 5.91 Å². The maximum Gasteiger partial charge on any atom is 0.331 e. The van der Waals surface area contributed by atoms with Gasteiger partial charge in [0.15, 0.2) is 6.10 Å². The number of nitrogens with zero attached hydrogens (tertiary/aromatic N) is 1. The number of hydrogen-bond acceptors (Lipinski definition) is 6. The van der Waals surface area contributed by atoms with Crippen molar-refractivity contribution in [2.75, 3.05) is 26.8 Å². The van der Waals surface area contributed by atoms with Crippen LogP contribution in [0.2, 0.25) is 0 Å². The summed E-state index contributed by atoms with van der Waals surface area (Å²) < 4.78 is 9.69. The second kappa shape index (κ2) is 6.04. The molecule has 1 unspecified atom stereocenters. The molecule has 0 radical (unpaired) electrons. The molecule has 7 heteroatoms. The van der Waals surface area contributed by atoms with E-state index in [0.29, 0.717) is 0 Å². The fraction of sp³-hybridized carbons (Fsp3) is 0.615. The first-order valence-electron chi connectivity index (χ1n) is 6.29. The summed E-state index contributed by atoms with van der Waals surface area (Å²) in [5.74, 6) is -2.78. The minimum atomic E-state index is -2.18. The molecule has 0 spiro atoms. The van der Waals surface area contributed by atoms with E-state index in [0.717, 1.165) is 0 Å². The lowest BCUT2D eigenvalue weighted by Gasteiger charge is -2.41. The van der Waals surface area contributed by atoms with Gasteiger partial charge >= 0.3 is 11.9 Å². The lowest BCUT2D eigenvalue weighted by molar-refractivity contribution is -0.184. The van der Waals surface area contributed by atoms with Crippen LogP contribution in [0, 0.1) is 5.41 Å². The molecule has 1 heterocycles. The van der Waals surface area contributed by atoms with Gasteiger partial charge < -0.3 is 19.5 Å². The van der Waals surface area contributed by atoms with Crippen LogP contribution in [0.1, 0.15) is 13.8 Å². The quantitative estimate of drug-likeness (QED) is 0.425. The molecule has 112 valence electrons. The molecular formula is C13H19NO6. The van der Waals surface area contributed by atoms with Crippen LogP contribution < -0.4 is 0 Å². The molecule has 0 aromatic heterocycles. The van der Waals surface area contributed by atoms with Gasteiger partial charge in [-0.25, -0.2) is 0 Å². The second-order valence-corrected chi connectivity index (χ2v) is 4.45. The van der Waals surface area contributed by atoms with E-state index in [1.54, 1.807) is 13.8 Å². The summed E-state index contributed by atoms with van der Waals surface area (Å²) in [5.41, 5.74) is -2.11. The SMILES string of the molecule is C=C1CN(C)C(=O)C(O)C1(C(=O)OCC)C(=O)OCC. The van der Waals surface area contributed by atoms with Crippen LogP contribution in [-0.4, -0.2) is 60.8 Å². The van der Waals surface area contributed by atoms with E-state index in [9.17, 15) is 19.5 Å². The highest BCUT2D eigenvalue weighted by Crippen LogP contribution is 2.38. The van der Waals surface area contributed by atoms with Crippen molar-refractivity contribution in [3.63, 3.8) is 0 Å². The van der Waals surface area contributed by atoms with E-state index >= 15 is 0 Å². The van der Waals surface area contributed by atoms with Crippen molar-refractivity contribution < 1.29 is 29.0 Å². The zero-order valence-corrected chi connectivity index (χ0v) is 11.8. The second-order valence-electron chi connectivity index (χ2n) is 4.45. The standard InChI is InChI=1S/C13H19NO6/c1-5-19-11(17)13(12(18)20-6-2)8(3)7-14(4)10(16)9(13)15/h9,15H,3,5-7H2,1-2,4H3.